The van der Waals surface area contributed by atoms with Gasteiger partial charge in [-0.05, 0) is 25.5 Å². The number of hydrogen-bond donors (Lipinski definition) is 0. The highest BCUT2D eigenvalue weighted by Crippen LogP contribution is 2.17. The lowest BCUT2D eigenvalue weighted by Gasteiger charge is -2.03. The molecule has 0 spiro atoms. The summed E-state index contributed by atoms with van der Waals surface area (Å²) in [5, 5.41) is 0.636. The summed E-state index contributed by atoms with van der Waals surface area (Å²) in [5.74, 6) is 0.0744. The minimum atomic E-state index is 0.0744. The second-order valence-corrected chi connectivity index (χ2v) is 3.74. The molecule has 1 rings (SSSR count). The largest absolute Gasteiger partial charge is 0.381 e. The van der Waals surface area contributed by atoms with Crippen LogP contribution in [0.4, 0.5) is 0 Å². The Balaban J connectivity index is 2.62. The van der Waals surface area contributed by atoms with E-state index in [0.29, 0.717) is 30.2 Å². The lowest BCUT2D eigenvalue weighted by atomic mass is 10.1. The third-order valence-electron chi connectivity index (χ3n) is 2.17. The number of benzene rings is 1. The molecule has 0 heterocycles. The maximum absolute atomic E-state index is 11.6. The van der Waals surface area contributed by atoms with Crippen molar-refractivity contribution in [3.8, 4) is 0 Å². The Morgan fingerprint density at radius 3 is 2.80 bits per heavy atom. The van der Waals surface area contributed by atoms with Crippen molar-refractivity contribution in [2.75, 3.05) is 13.2 Å². The van der Waals surface area contributed by atoms with Crippen molar-refractivity contribution in [1.29, 1.82) is 0 Å². The number of Topliss-reactive ketones (excluding diaryl/α,β-unsaturated/α-hetero) is 1. The highest BCUT2D eigenvalue weighted by atomic mass is 35.5. The molecule has 0 N–H and O–H groups in total. The van der Waals surface area contributed by atoms with Crippen LogP contribution < -0.4 is 0 Å². The number of hydrogen-bond acceptors (Lipinski definition) is 2. The molecule has 0 aromatic heterocycles. The summed E-state index contributed by atoms with van der Waals surface area (Å²) in [6.07, 6.45) is 0.410. The molecule has 82 valence electrons. The van der Waals surface area contributed by atoms with Crippen molar-refractivity contribution >= 4 is 17.4 Å². The van der Waals surface area contributed by atoms with E-state index in [0.717, 1.165) is 5.56 Å². The summed E-state index contributed by atoms with van der Waals surface area (Å²) < 4.78 is 5.13. The number of ketones is 1. The van der Waals surface area contributed by atoms with Crippen molar-refractivity contribution in [3.63, 3.8) is 0 Å². The SMILES string of the molecule is CCOCCC(=O)c1ccc(C)c(Cl)c1. The fourth-order valence-electron chi connectivity index (χ4n) is 1.22. The van der Waals surface area contributed by atoms with Crippen LogP contribution in [0.3, 0.4) is 0 Å². The van der Waals surface area contributed by atoms with E-state index in [9.17, 15) is 4.79 Å². The Morgan fingerprint density at radius 2 is 2.20 bits per heavy atom. The zero-order chi connectivity index (χ0) is 11.3. The van der Waals surface area contributed by atoms with Crippen molar-refractivity contribution < 1.29 is 9.53 Å². The Kier molecular flexibility index (Phi) is 4.79. The maximum atomic E-state index is 11.6. The van der Waals surface area contributed by atoms with E-state index < -0.39 is 0 Å². The summed E-state index contributed by atoms with van der Waals surface area (Å²) in [6.45, 7) is 4.94. The highest BCUT2D eigenvalue weighted by Gasteiger charge is 2.06. The molecule has 0 aliphatic heterocycles. The third kappa shape index (κ3) is 3.65. The summed E-state index contributed by atoms with van der Waals surface area (Å²) in [7, 11) is 0. The van der Waals surface area contributed by atoms with Crippen LogP contribution in [0.5, 0.6) is 0 Å². The molecule has 3 heteroatoms. The van der Waals surface area contributed by atoms with Crippen molar-refractivity contribution in [2.24, 2.45) is 0 Å². The van der Waals surface area contributed by atoms with E-state index >= 15 is 0 Å². The monoisotopic (exact) mass is 226 g/mol. The minimum absolute atomic E-state index is 0.0744. The topological polar surface area (TPSA) is 26.3 Å². The predicted molar refractivity (Wildman–Crippen MR) is 61.6 cm³/mol. The number of ether oxygens (including phenoxy) is 1. The van der Waals surface area contributed by atoms with Crippen LogP contribution in [0, 0.1) is 6.92 Å². The molecular formula is C12H15ClO2. The molecule has 0 atom stereocenters. The summed E-state index contributed by atoms with van der Waals surface area (Å²) in [4.78, 5) is 11.6. The molecule has 0 bridgehead atoms. The standard InChI is InChI=1S/C12H15ClO2/c1-3-15-7-6-12(14)10-5-4-9(2)11(13)8-10/h4-5,8H,3,6-7H2,1-2H3. The quantitative estimate of drug-likeness (QED) is 0.569. The molecule has 15 heavy (non-hydrogen) atoms. The lowest BCUT2D eigenvalue weighted by molar-refractivity contribution is 0.0896. The molecule has 1 aromatic rings. The van der Waals surface area contributed by atoms with Crippen LogP contribution in [0.2, 0.25) is 5.02 Å². The molecule has 0 amide bonds. The molecule has 2 nitrogen and oxygen atoms in total. The van der Waals surface area contributed by atoms with Crippen molar-refractivity contribution in [2.45, 2.75) is 20.3 Å². The second kappa shape index (κ2) is 5.89. The van der Waals surface area contributed by atoms with Gasteiger partial charge in [0.1, 0.15) is 0 Å². The van der Waals surface area contributed by atoms with Crippen LogP contribution in [-0.2, 0) is 4.74 Å². The van der Waals surface area contributed by atoms with Crippen LogP contribution >= 0.6 is 11.6 Å². The molecular weight excluding hydrogens is 212 g/mol. The zero-order valence-electron chi connectivity index (χ0n) is 9.05. The molecule has 0 radical (unpaired) electrons. The van der Waals surface area contributed by atoms with Gasteiger partial charge >= 0.3 is 0 Å². The smallest absolute Gasteiger partial charge is 0.165 e. The fourth-order valence-corrected chi connectivity index (χ4v) is 1.40. The first-order valence-electron chi connectivity index (χ1n) is 5.02. The first kappa shape index (κ1) is 12.2. The van der Waals surface area contributed by atoms with Crippen LogP contribution in [0.25, 0.3) is 0 Å². The molecule has 0 saturated heterocycles. The number of halogens is 1. The highest BCUT2D eigenvalue weighted by molar-refractivity contribution is 6.31. The van der Waals surface area contributed by atoms with Crippen LogP contribution in [0.1, 0.15) is 29.3 Å². The lowest BCUT2D eigenvalue weighted by Crippen LogP contribution is -2.04. The van der Waals surface area contributed by atoms with Crippen molar-refractivity contribution in [3.05, 3.63) is 34.3 Å². The Morgan fingerprint density at radius 1 is 1.47 bits per heavy atom. The van der Waals surface area contributed by atoms with Crippen LogP contribution in [0.15, 0.2) is 18.2 Å². The van der Waals surface area contributed by atoms with E-state index in [1.807, 2.05) is 19.9 Å². The van der Waals surface area contributed by atoms with E-state index in [4.69, 9.17) is 16.3 Å². The summed E-state index contributed by atoms with van der Waals surface area (Å²) >= 11 is 5.94. The van der Waals surface area contributed by atoms with Gasteiger partial charge in [-0.1, -0.05) is 23.7 Å². The predicted octanol–water partition coefficient (Wildman–Crippen LogP) is 3.26. The molecule has 0 aliphatic carbocycles. The average Bonchev–Trinajstić information content (AvgIpc) is 2.22. The summed E-state index contributed by atoms with van der Waals surface area (Å²) in [5.41, 5.74) is 1.64. The Bertz CT molecular complexity index is 347. The normalized spacial score (nSPS) is 10.3. The maximum Gasteiger partial charge on any atom is 0.165 e. The first-order valence-corrected chi connectivity index (χ1v) is 5.40. The molecule has 0 aliphatic rings. The van der Waals surface area contributed by atoms with E-state index in [1.165, 1.54) is 0 Å². The van der Waals surface area contributed by atoms with Gasteiger partial charge in [-0.25, -0.2) is 0 Å². The molecule has 1 aromatic carbocycles. The minimum Gasteiger partial charge on any atom is -0.381 e. The third-order valence-corrected chi connectivity index (χ3v) is 2.58. The van der Waals surface area contributed by atoms with Gasteiger partial charge in [0.15, 0.2) is 5.78 Å². The number of rotatable bonds is 5. The van der Waals surface area contributed by atoms with Gasteiger partial charge in [0.2, 0.25) is 0 Å². The number of carbonyl (C=O) groups is 1. The van der Waals surface area contributed by atoms with Gasteiger partial charge in [-0.2, -0.15) is 0 Å². The van der Waals surface area contributed by atoms with E-state index in [-0.39, 0.29) is 5.78 Å². The second-order valence-electron chi connectivity index (χ2n) is 3.33. The molecule has 0 unspecified atom stereocenters. The molecule has 0 fully saturated rings. The van der Waals surface area contributed by atoms with Gasteiger partial charge in [-0.3, -0.25) is 4.79 Å². The van der Waals surface area contributed by atoms with Gasteiger partial charge in [0.25, 0.3) is 0 Å². The summed E-state index contributed by atoms with van der Waals surface area (Å²) in [6, 6.07) is 5.37. The average molecular weight is 227 g/mol. The van der Waals surface area contributed by atoms with Gasteiger partial charge in [0, 0.05) is 23.6 Å². The Hall–Kier alpha value is -0.860. The van der Waals surface area contributed by atoms with E-state index in [2.05, 4.69) is 0 Å². The van der Waals surface area contributed by atoms with Gasteiger partial charge in [-0.15, -0.1) is 0 Å². The van der Waals surface area contributed by atoms with Gasteiger partial charge < -0.3 is 4.74 Å². The fraction of sp³-hybridized carbons (Fsp3) is 0.417. The first-order chi connectivity index (χ1) is 7.15. The number of aryl methyl sites for hydroxylation is 1. The van der Waals surface area contributed by atoms with E-state index in [1.54, 1.807) is 12.1 Å². The van der Waals surface area contributed by atoms with Gasteiger partial charge in [0.05, 0.1) is 6.61 Å². The van der Waals surface area contributed by atoms with Crippen molar-refractivity contribution in [1.82, 2.24) is 0 Å². The number of carbonyl (C=O) groups excluding carboxylic acids is 1. The van der Waals surface area contributed by atoms with Crippen LogP contribution in [-0.4, -0.2) is 19.0 Å². The zero-order valence-corrected chi connectivity index (χ0v) is 9.80. The molecule has 0 saturated carbocycles. The Labute approximate surface area is 95.2 Å².